The molecule has 0 saturated heterocycles. The van der Waals surface area contributed by atoms with E-state index in [2.05, 4.69) is 10.3 Å². The van der Waals surface area contributed by atoms with Crippen molar-refractivity contribution >= 4 is 32.6 Å². The summed E-state index contributed by atoms with van der Waals surface area (Å²) in [6.07, 6.45) is 0. The molecule has 1 N–H and O–H groups in total. The molecule has 8 heteroatoms. The molecule has 124 valence electrons. The first kappa shape index (κ1) is 16.2. The van der Waals surface area contributed by atoms with Crippen LogP contribution in [0.1, 0.15) is 0 Å². The summed E-state index contributed by atoms with van der Waals surface area (Å²) in [7, 11) is 1.45. The lowest BCUT2D eigenvalue weighted by atomic mass is 10.3. The van der Waals surface area contributed by atoms with Crippen molar-refractivity contribution in [1.29, 1.82) is 0 Å². The van der Waals surface area contributed by atoms with E-state index in [1.165, 1.54) is 42.7 Å². The van der Waals surface area contributed by atoms with Crippen molar-refractivity contribution in [2.24, 2.45) is 0 Å². The molecule has 1 heterocycles. The lowest BCUT2D eigenvalue weighted by Gasteiger charge is -2.05. The third-order valence-electron chi connectivity index (χ3n) is 2.93. The molecule has 0 radical (unpaired) electrons. The number of ether oxygens (including phenoxy) is 1. The highest BCUT2D eigenvalue weighted by Crippen LogP contribution is 2.29. The van der Waals surface area contributed by atoms with Gasteiger partial charge in [0.05, 0.1) is 10.2 Å². The number of hydrogen-bond acceptors (Lipinski definition) is 6. The maximum atomic E-state index is 12.8. The number of hydrogen-bond donors (Lipinski definition) is 1. The number of amides is 1. The Balaban J connectivity index is 1.69. The van der Waals surface area contributed by atoms with E-state index in [4.69, 9.17) is 14.5 Å². The monoisotopic (exact) mass is 348 g/mol. The van der Waals surface area contributed by atoms with E-state index in [0.717, 1.165) is 10.2 Å². The summed E-state index contributed by atoms with van der Waals surface area (Å²) in [5.41, 5.74) is 0.724. The molecule has 1 amide bonds. The Hall–Kier alpha value is -2.71. The zero-order chi connectivity index (χ0) is 16.9. The van der Waals surface area contributed by atoms with Crippen LogP contribution < -0.4 is 15.1 Å². The number of thiazole rings is 1. The van der Waals surface area contributed by atoms with Gasteiger partial charge in [0.25, 0.3) is 5.91 Å². The van der Waals surface area contributed by atoms with Crippen LogP contribution in [-0.2, 0) is 9.53 Å². The highest BCUT2D eigenvalue weighted by molar-refractivity contribution is 7.22. The van der Waals surface area contributed by atoms with Gasteiger partial charge in [-0.05, 0) is 36.4 Å². The molecular weight excluding hydrogens is 335 g/mol. The minimum absolute atomic E-state index is 0.0319. The fourth-order valence-corrected chi connectivity index (χ4v) is 2.79. The van der Waals surface area contributed by atoms with Gasteiger partial charge in [-0.1, -0.05) is 11.3 Å². The van der Waals surface area contributed by atoms with Crippen LogP contribution in [-0.4, -0.2) is 24.6 Å². The van der Waals surface area contributed by atoms with E-state index in [1.54, 1.807) is 18.2 Å². The van der Waals surface area contributed by atoms with Crippen LogP contribution in [0.5, 0.6) is 11.5 Å². The molecular formula is C16H13FN2O4S. The normalized spacial score (nSPS) is 10.6. The van der Waals surface area contributed by atoms with Gasteiger partial charge < -0.3 is 4.74 Å². The van der Waals surface area contributed by atoms with E-state index < -0.39 is 0 Å². The molecule has 0 bridgehead atoms. The van der Waals surface area contributed by atoms with Crippen LogP contribution in [0.2, 0.25) is 0 Å². The summed E-state index contributed by atoms with van der Waals surface area (Å²) in [6, 6.07) is 10.7. The fourth-order valence-electron chi connectivity index (χ4n) is 1.88. The van der Waals surface area contributed by atoms with Crippen molar-refractivity contribution in [3.8, 4) is 11.5 Å². The van der Waals surface area contributed by atoms with Crippen LogP contribution in [0.3, 0.4) is 0 Å². The van der Waals surface area contributed by atoms with Crippen molar-refractivity contribution < 1.29 is 23.7 Å². The van der Waals surface area contributed by atoms with Gasteiger partial charge in [-0.15, -0.1) is 0 Å². The fraction of sp³-hybridized carbons (Fsp3) is 0.125. The smallest absolute Gasteiger partial charge is 0.252 e. The summed E-state index contributed by atoms with van der Waals surface area (Å²) in [5, 5.41) is 3.13. The Kier molecular flexibility index (Phi) is 4.88. The number of rotatable bonds is 6. The molecule has 0 aliphatic heterocycles. The number of nitrogens with one attached hydrogen (secondary N) is 1. The second kappa shape index (κ2) is 7.24. The van der Waals surface area contributed by atoms with E-state index in [-0.39, 0.29) is 18.3 Å². The summed E-state index contributed by atoms with van der Waals surface area (Å²) < 4.78 is 18.4. The van der Waals surface area contributed by atoms with Gasteiger partial charge in [-0.25, -0.2) is 9.37 Å². The lowest BCUT2D eigenvalue weighted by Crippen LogP contribution is -2.16. The number of carbonyl (C=O) groups is 1. The zero-order valence-electron chi connectivity index (χ0n) is 12.6. The number of carbonyl (C=O) groups excluding carboxylic acids is 1. The molecule has 6 nitrogen and oxygen atoms in total. The zero-order valence-corrected chi connectivity index (χ0v) is 13.4. The summed E-state index contributed by atoms with van der Waals surface area (Å²) in [4.78, 5) is 26.1. The highest BCUT2D eigenvalue weighted by Gasteiger charge is 2.09. The number of aromatic nitrogens is 1. The van der Waals surface area contributed by atoms with Crippen molar-refractivity contribution in [1.82, 2.24) is 4.98 Å². The molecule has 3 aromatic rings. The van der Waals surface area contributed by atoms with E-state index in [1.807, 2.05) is 0 Å². The number of fused-ring (bicyclic) bond motifs is 1. The van der Waals surface area contributed by atoms with Gasteiger partial charge in [0.2, 0.25) is 0 Å². The van der Waals surface area contributed by atoms with E-state index >= 15 is 0 Å². The lowest BCUT2D eigenvalue weighted by molar-refractivity contribution is -0.119. The number of anilines is 1. The number of halogens is 1. The third-order valence-corrected chi connectivity index (χ3v) is 3.86. The predicted molar refractivity (Wildman–Crippen MR) is 87.8 cm³/mol. The molecule has 24 heavy (non-hydrogen) atoms. The highest BCUT2D eigenvalue weighted by atomic mass is 32.1. The van der Waals surface area contributed by atoms with Gasteiger partial charge in [0.1, 0.15) is 12.4 Å². The quantitative estimate of drug-likeness (QED) is 0.546. The SMILES string of the molecule is COCC(=O)Nc1nc2ccc(OOc3ccc(F)cc3)cc2s1. The van der Waals surface area contributed by atoms with Crippen molar-refractivity contribution in [3.05, 3.63) is 48.3 Å². The average Bonchev–Trinajstić information content (AvgIpc) is 2.95. The molecule has 3 rings (SSSR count). The molecule has 0 atom stereocenters. The van der Waals surface area contributed by atoms with Gasteiger partial charge in [-0.2, -0.15) is 0 Å². The summed E-state index contributed by atoms with van der Waals surface area (Å²) >= 11 is 1.31. The van der Waals surface area contributed by atoms with Gasteiger partial charge >= 0.3 is 0 Å². The number of benzene rings is 2. The molecule has 0 aliphatic rings. The van der Waals surface area contributed by atoms with E-state index in [0.29, 0.717) is 16.6 Å². The predicted octanol–water partition coefficient (Wildman–Crippen LogP) is 3.39. The third kappa shape index (κ3) is 3.98. The van der Waals surface area contributed by atoms with Crippen LogP contribution >= 0.6 is 11.3 Å². The van der Waals surface area contributed by atoms with Crippen molar-refractivity contribution in [2.75, 3.05) is 19.0 Å². The molecule has 0 unspecified atom stereocenters. The minimum Gasteiger partial charge on any atom is -0.375 e. The van der Waals surface area contributed by atoms with Crippen LogP contribution in [0.4, 0.5) is 9.52 Å². The molecule has 0 saturated carbocycles. The van der Waals surface area contributed by atoms with Crippen LogP contribution in [0, 0.1) is 5.82 Å². The van der Waals surface area contributed by atoms with Crippen LogP contribution in [0.15, 0.2) is 42.5 Å². The Morgan fingerprint density at radius 3 is 2.62 bits per heavy atom. The molecule has 0 aliphatic carbocycles. The first-order valence-corrected chi connectivity index (χ1v) is 7.75. The number of nitrogens with zero attached hydrogens (tertiary/aromatic N) is 1. The van der Waals surface area contributed by atoms with Gasteiger partial charge in [0, 0.05) is 13.2 Å². The first-order chi connectivity index (χ1) is 11.6. The Labute approximate surface area is 140 Å². The minimum atomic E-state index is -0.350. The molecule has 2 aromatic carbocycles. The van der Waals surface area contributed by atoms with Crippen LogP contribution in [0.25, 0.3) is 10.2 Å². The molecule has 0 spiro atoms. The maximum Gasteiger partial charge on any atom is 0.252 e. The summed E-state index contributed by atoms with van der Waals surface area (Å²) in [5.74, 6) is 0.225. The van der Waals surface area contributed by atoms with E-state index in [9.17, 15) is 9.18 Å². The number of methoxy groups -OCH3 is 1. The second-order valence-corrected chi connectivity index (χ2v) is 5.78. The topological polar surface area (TPSA) is 69.7 Å². The molecule has 1 aromatic heterocycles. The standard InChI is InChI=1S/C16H13FN2O4S/c1-21-9-15(20)19-16-18-13-7-6-12(8-14(13)24-16)23-22-11-4-2-10(17)3-5-11/h2-8H,9H2,1H3,(H,18,19,20). The average molecular weight is 348 g/mol. The van der Waals surface area contributed by atoms with Gasteiger partial charge in [-0.3, -0.25) is 19.9 Å². The maximum absolute atomic E-state index is 12.8. The largest absolute Gasteiger partial charge is 0.375 e. The van der Waals surface area contributed by atoms with Crippen molar-refractivity contribution in [3.63, 3.8) is 0 Å². The summed E-state index contributed by atoms with van der Waals surface area (Å²) in [6.45, 7) is -0.0319. The Morgan fingerprint density at radius 1 is 1.17 bits per heavy atom. The first-order valence-electron chi connectivity index (χ1n) is 6.93. The van der Waals surface area contributed by atoms with Gasteiger partial charge in [0.15, 0.2) is 16.6 Å². The Bertz CT molecular complexity index is 851. The second-order valence-electron chi connectivity index (χ2n) is 4.75. The molecule has 0 fully saturated rings. The van der Waals surface area contributed by atoms with Crippen molar-refractivity contribution in [2.45, 2.75) is 0 Å². The Morgan fingerprint density at radius 2 is 1.88 bits per heavy atom.